The number of nitrogens with two attached hydrogens (primary N) is 1. The van der Waals surface area contributed by atoms with E-state index in [0.717, 1.165) is 0 Å². The fourth-order valence-corrected chi connectivity index (χ4v) is 1.12. The third-order valence-corrected chi connectivity index (χ3v) is 1.89. The van der Waals surface area contributed by atoms with Crippen LogP contribution in [0.25, 0.3) is 0 Å². The van der Waals surface area contributed by atoms with Crippen LogP contribution in [-0.2, 0) is 0 Å². The van der Waals surface area contributed by atoms with Crippen LogP contribution in [0.5, 0.6) is 0 Å². The number of aliphatic hydroxyl groups excluding tert-OH is 1. The molecule has 1 aromatic rings. The monoisotopic (exact) mass is 192 g/mol. The molecular formula is C9H12N4O. The predicted octanol–water partition coefficient (Wildman–Crippen LogP) is -0.0360. The highest BCUT2D eigenvalue weighted by Crippen LogP contribution is 2.21. The van der Waals surface area contributed by atoms with Crippen LogP contribution >= 0.6 is 0 Å². The van der Waals surface area contributed by atoms with Gasteiger partial charge in [-0.2, -0.15) is 5.26 Å². The van der Waals surface area contributed by atoms with Crippen molar-refractivity contribution < 1.29 is 5.11 Å². The topological polar surface area (TPSA) is 86.2 Å². The molecule has 0 aliphatic carbocycles. The molecule has 0 amide bonds. The molecular weight excluding hydrogens is 180 g/mol. The first-order valence-electron chi connectivity index (χ1n) is 4.17. The molecule has 0 atom stereocenters. The van der Waals surface area contributed by atoms with Crippen molar-refractivity contribution in [2.75, 3.05) is 30.8 Å². The van der Waals surface area contributed by atoms with E-state index in [4.69, 9.17) is 16.1 Å². The quantitative estimate of drug-likeness (QED) is 0.702. The molecule has 1 aromatic heterocycles. The zero-order valence-corrected chi connectivity index (χ0v) is 7.94. The summed E-state index contributed by atoms with van der Waals surface area (Å²) in [6.45, 7) is 0.459. The number of nitriles is 1. The highest BCUT2D eigenvalue weighted by atomic mass is 16.3. The summed E-state index contributed by atoms with van der Waals surface area (Å²) in [7, 11) is 1.76. The molecule has 0 aliphatic rings. The van der Waals surface area contributed by atoms with Crippen molar-refractivity contribution >= 4 is 11.5 Å². The molecule has 1 rings (SSSR count). The van der Waals surface area contributed by atoms with Gasteiger partial charge in [0.05, 0.1) is 17.9 Å². The lowest BCUT2D eigenvalue weighted by molar-refractivity contribution is 0.304. The van der Waals surface area contributed by atoms with E-state index in [2.05, 4.69) is 4.98 Å². The number of aromatic nitrogens is 1. The lowest BCUT2D eigenvalue weighted by Crippen LogP contribution is -2.23. The van der Waals surface area contributed by atoms with Crippen LogP contribution in [-0.4, -0.2) is 30.3 Å². The fourth-order valence-electron chi connectivity index (χ4n) is 1.12. The van der Waals surface area contributed by atoms with E-state index >= 15 is 0 Å². The van der Waals surface area contributed by atoms with Crippen LogP contribution in [0.4, 0.5) is 11.5 Å². The Bertz CT molecular complexity index is 358. The molecule has 0 aromatic carbocycles. The summed E-state index contributed by atoms with van der Waals surface area (Å²) >= 11 is 0. The first-order chi connectivity index (χ1) is 6.70. The second kappa shape index (κ2) is 4.44. The average molecular weight is 192 g/mol. The standard InChI is InChI=1S/C9H12N4O/c1-13(4-5-14)9-8(11)7(6-10)2-3-12-9/h2-3,14H,4-5,11H2,1H3. The summed E-state index contributed by atoms with van der Waals surface area (Å²) < 4.78 is 0. The lowest BCUT2D eigenvalue weighted by atomic mass is 10.2. The van der Waals surface area contributed by atoms with Gasteiger partial charge in [-0.3, -0.25) is 0 Å². The molecule has 0 radical (unpaired) electrons. The van der Waals surface area contributed by atoms with Crippen LogP contribution in [0.3, 0.4) is 0 Å². The zero-order chi connectivity index (χ0) is 10.6. The maximum absolute atomic E-state index is 8.74. The van der Waals surface area contributed by atoms with Gasteiger partial charge >= 0.3 is 0 Å². The molecule has 3 N–H and O–H groups in total. The van der Waals surface area contributed by atoms with E-state index in [9.17, 15) is 0 Å². The Morgan fingerprint density at radius 2 is 2.43 bits per heavy atom. The molecule has 0 unspecified atom stereocenters. The molecule has 74 valence electrons. The highest BCUT2D eigenvalue weighted by molar-refractivity contribution is 5.69. The molecule has 14 heavy (non-hydrogen) atoms. The summed E-state index contributed by atoms with van der Waals surface area (Å²) in [5.74, 6) is 0.526. The minimum absolute atomic E-state index is 0.0222. The van der Waals surface area contributed by atoms with Crippen molar-refractivity contribution in [3.8, 4) is 6.07 Å². The highest BCUT2D eigenvalue weighted by Gasteiger charge is 2.09. The molecule has 0 saturated heterocycles. The summed E-state index contributed by atoms with van der Waals surface area (Å²) in [6, 6.07) is 3.54. The number of hydrogen-bond acceptors (Lipinski definition) is 5. The lowest BCUT2D eigenvalue weighted by Gasteiger charge is -2.18. The molecule has 0 bridgehead atoms. The number of likely N-dealkylation sites (N-methyl/N-ethyl adjacent to an activating group) is 1. The number of nitrogen functional groups attached to an aromatic ring is 1. The number of rotatable bonds is 3. The van der Waals surface area contributed by atoms with Gasteiger partial charge in [0.2, 0.25) is 0 Å². The normalized spacial score (nSPS) is 9.50. The molecule has 5 nitrogen and oxygen atoms in total. The largest absolute Gasteiger partial charge is 0.395 e. The molecule has 0 saturated carbocycles. The number of nitrogens with zero attached hydrogens (tertiary/aromatic N) is 3. The number of hydrogen-bond donors (Lipinski definition) is 2. The van der Waals surface area contributed by atoms with Gasteiger partial charge in [-0.1, -0.05) is 0 Å². The molecule has 0 fully saturated rings. The van der Waals surface area contributed by atoms with E-state index in [1.165, 1.54) is 6.20 Å². The van der Waals surface area contributed by atoms with Crippen molar-refractivity contribution in [1.29, 1.82) is 5.26 Å². The second-order valence-corrected chi connectivity index (χ2v) is 2.85. The molecule has 1 heterocycles. The van der Waals surface area contributed by atoms with Crippen LogP contribution < -0.4 is 10.6 Å². The maximum atomic E-state index is 8.74. The second-order valence-electron chi connectivity index (χ2n) is 2.85. The van der Waals surface area contributed by atoms with Gasteiger partial charge in [0.1, 0.15) is 6.07 Å². The molecule has 0 spiro atoms. The van der Waals surface area contributed by atoms with Crippen LogP contribution in [0.15, 0.2) is 12.3 Å². The summed E-state index contributed by atoms with van der Waals surface area (Å²) in [6.07, 6.45) is 1.53. The van der Waals surface area contributed by atoms with Crippen LogP contribution in [0.1, 0.15) is 5.56 Å². The SMILES string of the molecule is CN(CCO)c1nccc(C#N)c1N. The van der Waals surface area contributed by atoms with Gasteiger partial charge in [0.15, 0.2) is 5.82 Å². The van der Waals surface area contributed by atoms with Gasteiger partial charge in [0.25, 0.3) is 0 Å². The smallest absolute Gasteiger partial charge is 0.152 e. The van der Waals surface area contributed by atoms with Crippen molar-refractivity contribution in [2.45, 2.75) is 0 Å². The first-order valence-corrected chi connectivity index (χ1v) is 4.17. The van der Waals surface area contributed by atoms with E-state index in [1.54, 1.807) is 18.0 Å². The van der Waals surface area contributed by atoms with Crippen molar-refractivity contribution in [1.82, 2.24) is 4.98 Å². The third kappa shape index (κ3) is 1.92. The van der Waals surface area contributed by atoms with Gasteiger partial charge in [-0.05, 0) is 6.07 Å². The summed E-state index contributed by atoms with van der Waals surface area (Å²) in [5, 5.41) is 17.5. The summed E-state index contributed by atoms with van der Waals surface area (Å²) in [5.41, 5.74) is 6.47. The van der Waals surface area contributed by atoms with E-state index in [0.29, 0.717) is 23.6 Å². The van der Waals surface area contributed by atoms with Crippen molar-refractivity contribution in [3.05, 3.63) is 17.8 Å². The number of pyridine rings is 1. The Labute approximate surface area is 82.4 Å². The van der Waals surface area contributed by atoms with Crippen molar-refractivity contribution in [2.24, 2.45) is 0 Å². The minimum Gasteiger partial charge on any atom is -0.395 e. The number of aliphatic hydroxyl groups is 1. The fraction of sp³-hybridized carbons (Fsp3) is 0.333. The molecule has 5 heteroatoms. The average Bonchev–Trinajstić information content (AvgIpc) is 2.18. The van der Waals surface area contributed by atoms with Crippen molar-refractivity contribution in [3.63, 3.8) is 0 Å². The van der Waals surface area contributed by atoms with Gasteiger partial charge in [-0.15, -0.1) is 0 Å². The third-order valence-electron chi connectivity index (χ3n) is 1.89. The van der Waals surface area contributed by atoms with Gasteiger partial charge < -0.3 is 15.7 Å². The van der Waals surface area contributed by atoms with E-state index in [-0.39, 0.29) is 6.61 Å². The Hall–Kier alpha value is -1.80. The maximum Gasteiger partial charge on any atom is 0.152 e. The minimum atomic E-state index is 0.0222. The van der Waals surface area contributed by atoms with Gasteiger partial charge in [0, 0.05) is 19.8 Å². The van der Waals surface area contributed by atoms with E-state index < -0.39 is 0 Å². The molecule has 0 aliphatic heterocycles. The Morgan fingerprint density at radius 1 is 1.71 bits per heavy atom. The predicted molar refractivity (Wildman–Crippen MR) is 53.7 cm³/mol. The summed E-state index contributed by atoms with van der Waals surface area (Å²) in [4.78, 5) is 5.75. The van der Waals surface area contributed by atoms with Crippen LogP contribution in [0, 0.1) is 11.3 Å². The van der Waals surface area contributed by atoms with E-state index in [1.807, 2.05) is 6.07 Å². The van der Waals surface area contributed by atoms with Gasteiger partial charge in [-0.25, -0.2) is 4.98 Å². The zero-order valence-electron chi connectivity index (χ0n) is 7.94. The Morgan fingerprint density at radius 3 is 3.00 bits per heavy atom. The Balaban J connectivity index is 3.04. The number of anilines is 2. The Kier molecular flexibility index (Phi) is 3.26. The first kappa shape index (κ1) is 10.3. The van der Waals surface area contributed by atoms with Crippen LogP contribution in [0.2, 0.25) is 0 Å².